The zero-order valence-corrected chi connectivity index (χ0v) is 13.7. The number of carbonyl (C=O) groups excluding carboxylic acids is 1. The summed E-state index contributed by atoms with van der Waals surface area (Å²) in [5.41, 5.74) is 0.888. The Balaban J connectivity index is 1.60. The standard InChI is InChI=1S/C16H13N5O3S/c22-15(18-13-8-4-5-9-14(13)21(23)24)10-25-16-17-11-20(19-16)12-6-2-1-3-7-12/h1-9,11H,10H2,(H,18,22). The van der Waals surface area contributed by atoms with Gasteiger partial charge in [0, 0.05) is 6.07 Å². The van der Waals surface area contributed by atoms with Gasteiger partial charge in [-0.15, -0.1) is 5.10 Å². The van der Waals surface area contributed by atoms with Crippen molar-refractivity contribution in [3.63, 3.8) is 0 Å². The fraction of sp³-hybridized carbons (Fsp3) is 0.0625. The molecule has 1 aromatic heterocycles. The van der Waals surface area contributed by atoms with E-state index in [9.17, 15) is 14.9 Å². The van der Waals surface area contributed by atoms with E-state index >= 15 is 0 Å². The maximum Gasteiger partial charge on any atom is 0.292 e. The van der Waals surface area contributed by atoms with Crippen LogP contribution in [-0.2, 0) is 4.79 Å². The molecule has 0 radical (unpaired) electrons. The van der Waals surface area contributed by atoms with Gasteiger partial charge in [0.25, 0.3) is 5.69 Å². The van der Waals surface area contributed by atoms with Crippen LogP contribution in [0, 0.1) is 10.1 Å². The summed E-state index contributed by atoms with van der Waals surface area (Å²) >= 11 is 1.15. The summed E-state index contributed by atoms with van der Waals surface area (Å²) < 4.78 is 1.61. The quantitative estimate of drug-likeness (QED) is 0.414. The van der Waals surface area contributed by atoms with Gasteiger partial charge in [-0.1, -0.05) is 42.1 Å². The second-order valence-electron chi connectivity index (χ2n) is 4.92. The van der Waals surface area contributed by atoms with E-state index in [4.69, 9.17) is 0 Å². The molecular weight excluding hydrogens is 342 g/mol. The molecule has 0 fully saturated rings. The molecule has 3 rings (SSSR count). The summed E-state index contributed by atoms with van der Waals surface area (Å²) in [5, 5.41) is 18.2. The van der Waals surface area contributed by atoms with Crippen LogP contribution in [0.15, 0.2) is 66.1 Å². The average molecular weight is 355 g/mol. The summed E-state index contributed by atoms with van der Waals surface area (Å²) in [7, 11) is 0. The zero-order chi connectivity index (χ0) is 17.6. The van der Waals surface area contributed by atoms with Crippen LogP contribution in [0.3, 0.4) is 0 Å². The largest absolute Gasteiger partial charge is 0.320 e. The summed E-state index contributed by atoms with van der Waals surface area (Å²) in [6.45, 7) is 0. The molecule has 25 heavy (non-hydrogen) atoms. The van der Waals surface area contributed by atoms with Crippen molar-refractivity contribution in [2.24, 2.45) is 0 Å². The van der Waals surface area contributed by atoms with Crippen LogP contribution in [-0.4, -0.2) is 31.3 Å². The fourth-order valence-electron chi connectivity index (χ4n) is 2.07. The second-order valence-corrected chi connectivity index (χ2v) is 5.86. The van der Waals surface area contributed by atoms with Crippen molar-refractivity contribution in [1.82, 2.24) is 14.8 Å². The topological polar surface area (TPSA) is 103 Å². The number of anilines is 1. The number of nitro benzene ring substituents is 1. The number of benzene rings is 2. The average Bonchev–Trinajstić information content (AvgIpc) is 3.10. The van der Waals surface area contributed by atoms with Crippen molar-refractivity contribution in [2.75, 3.05) is 11.1 Å². The third kappa shape index (κ3) is 4.21. The Labute approximate surface area is 147 Å². The minimum Gasteiger partial charge on any atom is -0.320 e. The highest BCUT2D eigenvalue weighted by Gasteiger charge is 2.15. The van der Waals surface area contributed by atoms with Crippen LogP contribution < -0.4 is 5.32 Å². The zero-order valence-electron chi connectivity index (χ0n) is 12.9. The number of rotatable bonds is 6. The third-order valence-electron chi connectivity index (χ3n) is 3.20. The Bertz CT molecular complexity index is 898. The Kier molecular flexibility index (Phi) is 5.05. The number of carbonyl (C=O) groups is 1. The lowest BCUT2D eigenvalue weighted by Crippen LogP contribution is -2.15. The van der Waals surface area contributed by atoms with Gasteiger partial charge in [0.05, 0.1) is 16.4 Å². The first kappa shape index (κ1) is 16.7. The number of amides is 1. The molecule has 0 saturated carbocycles. The highest BCUT2D eigenvalue weighted by Crippen LogP contribution is 2.23. The normalized spacial score (nSPS) is 10.4. The number of hydrogen-bond acceptors (Lipinski definition) is 6. The molecule has 0 spiro atoms. The van der Waals surface area contributed by atoms with Crippen molar-refractivity contribution in [2.45, 2.75) is 5.16 Å². The number of thioether (sulfide) groups is 1. The van der Waals surface area contributed by atoms with Gasteiger partial charge < -0.3 is 5.32 Å². The summed E-state index contributed by atoms with van der Waals surface area (Å²) in [5.74, 6) is -0.319. The van der Waals surface area contributed by atoms with Crippen LogP contribution in [0.1, 0.15) is 0 Å². The van der Waals surface area contributed by atoms with Crippen LogP contribution in [0.5, 0.6) is 0 Å². The monoisotopic (exact) mass is 355 g/mol. The van der Waals surface area contributed by atoms with E-state index in [1.807, 2.05) is 30.3 Å². The number of nitrogens with zero attached hydrogens (tertiary/aromatic N) is 4. The molecular formula is C16H13N5O3S. The maximum absolute atomic E-state index is 12.0. The number of hydrogen-bond donors (Lipinski definition) is 1. The minimum absolute atomic E-state index is 0.0465. The number of nitrogens with one attached hydrogen (secondary N) is 1. The van der Waals surface area contributed by atoms with Crippen LogP contribution in [0.25, 0.3) is 5.69 Å². The van der Waals surface area contributed by atoms with Crippen molar-refractivity contribution in [3.05, 3.63) is 71.0 Å². The van der Waals surface area contributed by atoms with Crippen molar-refractivity contribution in [3.8, 4) is 5.69 Å². The fourth-order valence-corrected chi connectivity index (χ4v) is 2.67. The van der Waals surface area contributed by atoms with Gasteiger partial charge in [0.15, 0.2) is 0 Å². The Morgan fingerprint density at radius 1 is 1.16 bits per heavy atom. The first-order chi connectivity index (χ1) is 12.1. The van der Waals surface area contributed by atoms with Crippen molar-refractivity contribution >= 4 is 29.0 Å². The van der Waals surface area contributed by atoms with Crippen molar-refractivity contribution in [1.29, 1.82) is 0 Å². The first-order valence-corrected chi connectivity index (χ1v) is 8.25. The molecule has 126 valence electrons. The lowest BCUT2D eigenvalue weighted by atomic mass is 10.2. The lowest BCUT2D eigenvalue weighted by molar-refractivity contribution is -0.383. The molecule has 1 heterocycles. The SMILES string of the molecule is O=C(CSc1ncn(-c2ccccc2)n1)Nc1ccccc1[N+](=O)[O-]. The van der Waals surface area contributed by atoms with Crippen LogP contribution >= 0.6 is 11.8 Å². The summed E-state index contributed by atoms with van der Waals surface area (Å²) in [6, 6.07) is 15.5. The predicted molar refractivity (Wildman–Crippen MR) is 93.8 cm³/mol. The molecule has 1 N–H and O–H groups in total. The molecule has 3 aromatic rings. The molecule has 0 aliphatic heterocycles. The van der Waals surface area contributed by atoms with Gasteiger partial charge in [0.1, 0.15) is 12.0 Å². The Morgan fingerprint density at radius 2 is 1.88 bits per heavy atom. The number of aromatic nitrogens is 3. The summed E-state index contributed by atoms with van der Waals surface area (Å²) in [4.78, 5) is 26.6. The Morgan fingerprint density at radius 3 is 2.64 bits per heavy atom. The van der Waals surface area contributed by atoms with Crippen LogP contribution in [0.2, 0.25) is 0 Å². The smallest absolute Gasteiger partial charge is 0.292 e. The molecule has 8 nitrogen and oxygen atoms in total. The lowest BCUT2D eigenvalue weighted by Gasteiger charge is -2.04. The highest BCUT2D eigenvalue weighted by molar-refractivity contribution is 7.99. The molecule has 0 atom stereocenters. The number of nitro groups is 1. The second kappa shape index (κ2) is 7.58. The maximum atomic E-state index is 12.0. The first-order valence-electron chi connectivity index (χ1n) is 7.26. The van der Waals surface area contributed by atoms with Gasteiger partial charge in [-0.25, -0.2) is 9.67 Å². The van der Waals surface area contributed by atoms with E-state index in [2.05, 4.69) is 15.4 Å². The third-order valence-corrected chi connectivity index (χ3v) is 4.05. The van der Waals surface area contributed by atoms with Gasteiger partial charge in [-0.2, -0.15) is 0 Å². The molecule has 0 aliphatic rings. The van der Waals surface area contributed by atoms with Gasteiger partial charge in [-0.3, -0.25) is 14.9 Å². The van der Waals surface area contributed by atoms with E-state index in [0.29, 0.717) is 5.16 Å². The highest BCUT2D eigenvalue weighted by atomic mass is 32.2. The molecule has 0 aliphatic carbocycles. The Hall–Kier alpha value is -3.20. The van der Waals surface area contributed by atoms with E-state index in [0.717, 1.165) is 17.4 Å². The van der Waals surface area contributed by atoms with Gasteiger partial charge in [0.2, 0.25) is 11.1 Å². The van der Waals surface area contributed by atoms with Crippen LogP contribution in [0.4, 0.5) is 11.4 Å². The molecule has 0 bridgehead atoms. The molecule has 0 unspecified atom stereocenters. The predicted octanol–water partition coefficient (Wildman–Crippen LogP) is 2.91. The van der Waals surface area contributed by atoms with Gasteiger partial charge >= 0.3 is 0 Å². The van der Waals surface area contributed by atoms with Gasteiger partial charge in [-0.05, 0) is 18.2 Å². The summed E-state index contributed by atoms with van der Waals surface area (Å²) in [6.07, 6.45) is 1.57. The number of para-hydroxylation sites is 3. The minimum atomic E-state index is -0.536. The van der Waals surface area contributed by atoms with E-state index in [1.54, 1.807) is 23.1 Å². The molecule has 2 aromatic carbocycles. The van der Waals surface area contributed by atoms with E-state index in [1.165, 1.54) is 12.1 Å². The van der Waals surface area contributed by atoms with Crippen molar-refractivity contribution < 1.29 is 9.72 Å². The van der Waals surface area contributed by atoms with E-state index < -0.39 is 4.92 Å². The molecule has 1 amide bonds. The van der Waals surface area contributed by atoms with E-state index in [-0.39, 0.29) is 23.0 Å². The molecule has 0 saturated heterocycles. The molecule has 9 heteroatoms.